The molecule has 0 aliphatic carbocycles. The van der Waals surface area contributed by atoms with Crippen molar-refractivity contribution in [1.29, 1.82) is 0 Å². The molecule has 0 atom stereocenters. The van der Waals surface area contributed by atoms with Crippen molar-refractivity contribution >= 4 is 27.3 Å². The lowest BCUT2D eigenvalue weighted by atomic mass is 10.3. The molecule has 7 nitrogen and oxygen atoms in total. The second-order valence-electron chi connectivity index (χ2n) is 7.16. The molecular formula is C25H20FN3O4S. The average Bonchev–Trinajstić information content (AvgIpc) is 2.85. The molecule has 1 N–H and O–H groups in total. The summed E-state index contributed by atoms with van der Waals surface area (Å²) in [5.74, 6) is 0.157. The average molecular weight is 478 g/mol. The van der Waals surface area contributed by atoms with Gasteiger partial charge < -0.3 is 10.1 Å². The number of nitrogens with zero attached hydrogens (tertiary/aromatic N) is 2. The van der Waals surface area contributed by atoms with Gasteiger partial charge in [0.1, 0.15) is 28.8 Å². The van der Waals surface area contributed by atoms with E-state index in [1.807, 2.05) is 30.3 Å². The highest BCUT2D eigenvalue weighted by Crippen LogP contribution is 2.25. The highest BCUT2D eigenvalue weighted by Gasteiger charge is 2.27. The lowest BCUT2D eigenvalue weighted by molar-refractivity contribution is -0.114. The molecule has 4 rings (SSSR count). The van der Waals surface area contributed by atoms with E-state index in [-0.39, 0.29) is 10.6 Å². The van der Waals surface area contributed by atoms with Gasteiger partial charge in [-0.3, -0.25) is 14.1 Å². The molecule has 1 heterocycles. The van der Waals surface area contributed by atoms with Crippen LogP contribution in [0.3, 0.4) is 0 Å². The van der Waals surface area contributed by atoms with Crippen molar-refractivity contribution in [3.8, 4) is 11.5 Å². The molecule has 172 valence electrons. The smallest absolute Gasteiger partial charge is 0.266 e. The summed E-state index contributed by atoms with van der Waals surface area (Å²) in [6, 6.07) is 23.6. The van der Waals surface area contributed by atoms with Crippen LogP contribution in [0.5, 0.6) is 11.5 Å². The molecule has 4 aromatic rings. The van der Waals surface area contributed by atoms with Crippen LogP contribution < -0.4 is 14.4 Å². The topological polar surface area (TPSA) is 88.6 Å². The highest BCUT2D eigenvalue weighted by molar-refractivity contribution is 7.92. The monoisotopic (exact) mass is 477 g/mol. The van der Waals surface area contributed by atoms with Crippen LogP contribution >= 0.6 is 0 Å². The van der Waals surface area contributed by atoms with Gasteiger partial charge in [-0.25, -0.2) is 12.8 Å². The van der Waals surface area contributed by atoms with Crippen LogP contribution in [-0.4, -0.2) is 25.9 Å². The maximum absolute atomic E-state index is 13.4. The Morgan fingerprint density at radius 1 is 0.882 bits per heavy atom. The first-order valence-electron chi connectivity index (χ1n) is 10.2. The molecule has 0 saturated carbocycles. The number of hydrogen-bond acceptors (Lipinski definition) is 5. The number of amides is 1. The van der Waals surface area contributed by atoms with Gasteiger partial charge in [-0.15, -0.1) is 0 Å². The molecule has 0 fully saturated rings. The molecule has 0 radical (unpaired) electrons. The van der Waals surface area contributed by atoms with Gasteiger partial charge in [-0.1, -0.05) is 18.2 Å². The summed E-state index contributed by atoms with van der Waals surface area (Å²) in [6.45, 7) is -0.523. The molecule has 0 spiro atoms. The number of aromatic nitrogens is 1. The first-order chi connectivity index (χ1) is 16.4. The number of nitrogens with one attached hydrogen (secondary N) is 1. The summed E-state index contributed by atoms with van der Waals surface area (Å²) in [6.07, 6.45) is 2.63. The standard InChI is InChI=1S/C25H20FN3O4S/c26-19-8-12-21(13-9-19)29(34(31,32)24-7-4-16-27-17-24)18-25(30)28-20-10-14-23(15-11-20)33-22-5-2-1-3-6-22/h1-17H,18H2,(H,28,30). The predicted octanol–water partition coefficient (Wildman–Crippen LogP) is 4.85. The minimum Gasteiger partial charge on any atom is -0.457 e. The first kappa shape index (κ1) is 22.9. The zero-order valence-corrected chi connectivity index (χ0v) is 18.7. The van der Waals surface area contributed by atoms with Crippen LogP contribution in [0.15, 0.2) is 108 Å². The maximum Gasteiger partial charge on any atom is 0.266 e. The number of hydrogen-bond donors (Lipinski definition) is 1. The van der Waals surface area contributed by atoms with E-state index in [2.05, 4.69) is 10.3 Å². The van der Waals surface area contributed by atoms with Gasteiger partial charge in [0.05, 0.1) is 5.69 Å². The van der Waals surface area contributed by atoms with Crippen molar-refractivity contribution in [2.45, 2.75) is 4.90 Å². The Morgan fingerprint density at radius 3 is 2.21 bits per heavy atom. The molecule has 9 heteroatoms. The Balaban J connectivity index is 1.51. The van der Waals surface area contributed by atoms with Crippen LogP contribution in [0.4, 0.5) is 15.8 Å². The fraction of sp³-hybridized carbons (Fsp3) is 0.0400. The Bertz CT molecular complexity index is 1350. The zero-order chi connectivity index (χ0) is 24.0. The predicted molar refractivity (Wildman–Crippen MR) is 127 cm³/mol. The molecule has 0 saturated heterocycles. The third-order valence-corrected chi connectivity index (χ3v) is 6.50. The summed E-state index contributed by atoms with van der Waals surface area (Å²) in [7, 11) is -4.13. The molecule has 0 bridgehead atoms. The summed E-state index contributed by atoms with van der Waals surface area (Å²) >= 11 is 0. The van der Waals surface area contributed by atoms with Crippen molar-refractivity contribution in [1.82, 2.24) is 4.98 Å². The molecule has 0 aliphatic rings. The molecule has 1 amide bonds. The van der Waals surface area contributed by atoms with Crippen LogP contribution in [0, 0.1) is 5.82 Å². The van der Waals surface area contributed by atoms with Crippen LogP contribution in [-0.2, 0) is 14.8 Å². The van der Waals surface area contributed by atoms with Crippen LogP contribution in [0.25, 0.3) is 0 Å². The number of carbonyl (C=O) groups excluding carboxylic acids is 1. The number of pyridine rings is 1. The maximum atomic E-state index is 13.4. The van der Waals surface area contributed by atoms with Gasteiger partial charge >= 0.3 is 0 Å². The second-order valence-corrected chi connectivity index (χ2v) is 9.03. The Hall–Kier alpha value is -4.24. The molecular weight excluding hydrogens is 457 g/mol. The molecule has 3 aromatic carbocycles. The summed E-state index contributed by atoms with van der Waals surface area (Å²) in [4.78, 5) is 16.5. The summed E-state index contributed by atoms with van der Waals surface area (Å²) < 4.78 is 46.5. The quantitative estimate of drug-likeness (QED) is 0.392. The van der Waals surface area contributed by atoms with Crippen molar-refractivity contribution in [3.63, 3.8) is 0 Å². The molecule has 0 unspecified atom stereocenters. The third-order valence-electron chi connectivity index (χ3n) is 4.74. The summed E-state index contributed by atoms with van der Waals surface area (Å²) in [5.41, 5.74) is 0.607. The molecule has 34 heavy (non-hydrogen) atoms. The number of carbonyl (C=O) groups is 1. The van der Waals surface area contributed by atoms with E-state index in [0.29, 0.717) is 17.2 Å². The minimum absolute atomic E-state index is 0.0884. The van der Waals surface area contributed by atoms with Crippen molar-refractivity contribution in [2.24, 2.45) is 0 Å². The third kappa shape index (κ3) is 5.57. The minimum atomic E-state index is -4.13. The fourth-order valence-corrected chi connectivity index (χ4v) is 4.50. The van der Waals surface area contributed by atoms with Crippen molar-refractivity contribution < 1.29 is 22.3 Å². The Morgan fingerprint density at radius 2 is 1.56 bits per heavy atom. The van der Waals surface area contributed by atoms with E-state index in [1.165, 1.54) is 36.7 Å². The van der Waals surface area contributed by atoms with Gasteiger partial charge in [0.25, 0.3) is 10.0 Å². The van der Waals surface area contributed by atoms with E-state index in [4.69, 9.17) is 4.74 Å². The fourth-order valence-electron chi connectivity index (χ4n) is 3.11. The van der Waals surface area contributed by atoms with Gasteiger partial charge in [-0.2, -0.15) is 0 Å². The van der Waals surface area contributed by atoms with Crippen molar-refractivity contribution in [3.05, 3.63) is 109 Å². The largest absolute Gasteiger partial charge is 0.457 e. The van der Waals surface area contributed by atoms with E-state index >= 15 is 0 Å². The van der Waals surface area contributed by atoms with Gasteiger partial charge in [-0.05, 0) is 72.8 Å². The number of para-hydroxylation sites is 1. The van der Waals surface area contributed by atoms with E-state index in [9.17, 15) is 17.6 Å². The van der Waals surface area contributed by atoms with Gasteiger partial charge in [0.15, 0.2) is 0 Å². The number of ether oxygens (including phenoxy) is 1. The number of rotatable bonds is 8. The van der Waals surface area contributed by atoms with Gasteiger partial charge in [0.2, 0.25) is 5.91 Å². The number of halogens is 1. The molecule has 1 aromatic heterocycles. The molecule has 0 aliphatic heterocycles. The van der Waals surface area contributed by atoms with Gasteiger partial charge in [0, 0.05) is 18.1 Å². The van der Waals surface area contributed by atoms with Crippen molar-refractivity contribution in [2.75, 3.05) is 16.2 Å². The zero-order valence-electron chi connectivity index (χ0n) is 17.8. The SMILES string of the molecule is O=C(CN(c1ccc(F)cc1)S(=O)(=O)c1cccnc1)Nc1ccc(Oc2ccccc2)cc1. The Kier molecular flexibility index (Phi) is 6.84. The van der Waals surface area contributed by atoms with Crippen LogP contribution in [0.2, 0.25) is 0 Å². The van der Waals surface area contributed by atoms with E-state index in [0.717, 1.165) is 16.4 Å². The van der Waals surface area contributed by atoms with E-state index < -0.39 is 28.3 Å². The first-order valence-corrected chi connectivity index (χ1v) is 11.7. The van der Waals surface area contributed by atoms with Crippen LogP contribution in [0.1, 0.15) is 0 Å². The normalized spacial score (nSPS) is 11.0. The number of benzene rings is 3. The number of anilines is 2. The highest BCUT2D eigenvalue weighted by atomic mass is 32.2. The summed E-state index contributed by atoms with van der Waals surface area (Å²) in [5, 5.41) is 2.68. The lowest BCUT2D eigenvalue weighted by Crippen LogP contribution is -2.38. The Labute approximate surface area is 196 Å². The number of sulfonamides is 1. The van der Waals surface area contributed by atoms with E-state index in [1.54, 1.807) is 24.3 Å². The second kappa shape index (κ2) is 10.1. The lowest BCUT2D eigenvalue weighted by Gasteiger charge is -2.24.